The minimum absolute atomic E-state index is 0. The van der Waals surface area contributed by atoms with E-state index in [-0.39, 0.29) is 87.6 Å². The van der Waals surface area contributed by atoms with E-state index >= 15 is 0 Å². The van der Waals surface area contributed by atoms with Crippen molar-refractivity contribution in [2.45, 2.75) is 12.8 Å². The first-order chi connectivity index (χ1) is 17.2. The third-order valence-corrected chi connectivity index (χ3v) is 6.70. The van der Waals surface area contributed by atoms with Crippen molar-refractivity contribution in [2.24, 2.45) is 0 Å². The molecule has 4 rings (SSSR count). The van der Waals surface area contributed by atoms with Crippen LogP contribution in [-0.4, -0.2) is 64.4 Å². The SMILES string of the molecule is O=C1C(=C=C=C2Oc3ccc(Cl)cc3N2CCCCS(=O)(=O)[O-])N(CCO)C(=S)N1c1ccccn1.[K+]. The summed E-state index contributed by atoms with van der Waals surface area (Å²) >= 11 is 11.6. The van der Waals surface area contributed by atoms with Gasteiger partial charge >= 0.3 is 51.4 Å². The molecular weight excluding hydrogens is 567 g/mol. The Balaban J connectivity index is 0.00000380. The monoisotopic (exact) mass is 586 g/mol. The van der Waals surface area contributed by atoms with E-state index in [1.165, 1.54) is 16.0 Å². The quantitative estimate of drug-likeness (QED) is 0.107. The van der Waals surface area contributed by atoms with E-state index in [0.717, 1.165) is 0 Å². The Hall–Kier alpha value is -1.57. The Labute approximate surface area is 267 Å². The van der Waals surface area contributed by atoms with Crippen molar-refractivity contribution in [3.05, 3.63) is 70.7 Å². The number of thiocarbonyl (C=S) groups is 1. The van der Waals surface area contributed by atoms with Gasteiger partial charge in [0, 0.05) is 30.1 Å². The van der Waals surface area contributed by atoms with Crippen LogP contribution < -0.4 is 65.9 Å². The number of nitrogens with zero attached hydrogens (tertiary/aromatic N) is 4. The molecular formula is C23H20ClKN4O6S2. The van der Waals surface area contributed by atoms with Crippen molar-refractivity contribution in [1.82, 2.24) is 9.88 Å². The average molecular weight is 587 g/mol. The molecule has 1 aromatic carbocycles. The van der Waals surface area contributed by atoms with Gasteiger partial charge in [-0.2, -0.15) is 0 Å². The van der Waals surface area contributed by atoms with E-state index in [1.807, 2.05) is 0 Å². The van der Waals surface area contributed by atoms with E-state index in [2.05, 4.69) is 16.4 Å². The summed E-state index contributed by atoms with van der Waals surface area (Å²) in [6, 6.07) is 10.1. The van der Waals surface area contributed by atoms with Crippen LogP contribution in [0.5, 0.6) is 5.75 Å². The topological polar surface area (TPSA) is 126 Å². The largest absolute Gasteiger partial charge is 1.00 e. The number of fused-ring (bicyclic) bond motifs is 1. The number of carbonyl (C=O) groups excluding carboxylic acids is 1. The fourth-order valence-electron chi connectivity index (χ4n) is 3.67. The third-order valence-electron chi connectivity index (χ3n) is 5.28. The molecule has 0 spiro atoms. The number of carbonyl (C=O) groups is 1. The van der Waals surface area contributed by atoms with Gasteiger partial charge in [0.2, 0.25) is 0 Å². The molecule has 0 radical (unpaired) electrons. The second-order valence-corrected chi connectivity index (χ2v) is 10.0. The molecule has 0 unspecified atom stereocenters. The molecule has 1 amide bonds. The fraction of sp³-hybridized carbons (Fsp3) is 0.261. The van der Waals surface area contributed by atoms with E-state index in [0.29, 0.717) is 35.2 Å². The molecule has 1 fully saturated rings. The molecule has 3 heterocycles. The van der Waals surface area contributed by atoms with E-state index in [4.69, 9.17) is 28.6 Å². The van der Waals surface area contributed by atoms with Crippen LogP contribution in [0.3, 0.4) is 0 Å². The van der Waals surface area contributed by atoms with Crippen molar-refractivity contribution in [1.29, 1.82) is 0 Å². The third kappa shape index (κ3) is 7.10. The molecule has 14 heteroatoms. The maximum atomic E-state index is 13.2. The van der Waals surface area contributed by atoms with Crippen LogP contribution in [0, 0.1) is 0 Å². The van der Waals surface area contributed by atoms with Crippen LogP contribution in [0.4, 0.5) is 11.5 Å². The number of hydrogen-bond donors (Lipinski definition) is 1. The number of aromatic nitrogens is 1. The number of pyridine rings is 1. The standard InChI is InChI=1S/C23H21ClN4O6S2.K/c24-16-6-8-19-18(15-16)26(11-3-4-14-36(31,32)33)21(34-19)9-7-17-22(30)28(20-5-1-2-10-25-20)23(35)27(17)12-13-29;/h1-2,5-6,8,10,15,29H,3-4,11-14H2,(H,31,32,33);/q;+1/p-1. The molecule has 37 heavy (non-hydrogen) atoms. The molecule has 0 aliphatic carbocycles. The fourth-order valence-corrected chi connectivity index (χ4v) is 4.76. The maximum absolute atomic E-state index is 13.2. The van der Waals surface area contributed by atoms with E-state index < -0.39 is 21.8 Å². The number of aliphatic hydroxyl groups is 1. The smallest absolute Gasteiger partial charge is 0.748 e. The van der Waals surface area contributed by atoms with Crippen LogP contribution in [0.25, 0.3) is 0 Å². The van der Waals surface area contributed by atoms with Crippen molar-refractivity contribution in [3.8, 4) is 5.75 Å². The van der Waals surface area contributed by atoms with Gasteiger partial charge in [-0.1, -0.05) is 17.7 Å². The molecule has 2 aromatic rings. The number of amides is 1. The first-order valence-electron chi connectivity index (χ1n) is 10.8. The summed E-state index contributed by atoms with van der Waals surface area (Å²) in [5.74, 6) is 0.0403. The van der Waals surface area contributed by atoms with Crippen molar-refractivity contribution < 1.29 is 79.0 Å². The normalized spacial score (nSPS) is 14.8. The minimum Gasteiger partial charge on any atom is -0.748 e. The number of β-amino-alcohol motifs (C(OH)–C–C–N with tert-alkyl or cyclic N) is 1. The van der Waals surface area contributed by atoms with Gasteiger partial charge in [0.25, 0.3) is 11.8 Å². The van der Waals surface area contributed by atoms with Crippen molar-refractivity contribution in [2.75, 3.05) is 35.2 Å². The minimum atomic E-state index is -4.32. The van der Waals surface area contributed by atoms with Crippen LogP contribution in [0.2, 0.25) is 5.02 Å². The Morgan fingerprint density at radius 2 is 1.92 bits per heavy atom. The second kappa shape index (κ2) is 13.0. The summed E-state index contributed by atoms with van der Waals surface area (Å²) in [4.78, 5) is 21.8. The average Bonchev–Trinajstić information content (AvgIpc) is 3.29. The zero-order valence-corrected chi connectivity index (χ0v) is 25.3. The summed E-state index contributed by atoms with van der Waals surface area (Å²) in [7, 11) is -4.32. The predicted octanol–water partition coefficient (Wildman–Crippen LogP) is -0.631. The van der Waals surface area contributed by atoms with Crippen molar-refractivity contribution in [3.63, 3.8) is 0 Å². The molecule has 0 saturated carbocycles. The zero-order valence-electron chi connectivity index (χ0n) is 19.8. The first-order valence-corrected chi connectivity index (χ1v) is 13.2. The molecule has 2 aliphatic rings. The molecule has 10 nitrogen and oxygen atoms in total. The summed E-state index contributed by atoms with van der Waals surface area (Å²) in [6.45, 7) is 0.0900. The summed E-state index contributed by atoms with van der Waals surface area (Å²) in [5.41, 5.74) is 6.36. The number of ether oxygens (including phenoxy) is 1. The van der Waals surface area contributed by atoms with Crippen LogP contribution >= 0.6 is 23.8 Å². The zero-order chi connectivity index (χ0) is 25.9. The number of hydrogen-bond acceptors (Lipinski definition) is 9. The number of halogens is 1. The molecule has 1 saturated heterocycles. The van der Waals surface area contributed by atoms with Crippen LogP contribution in [0.1, 0.15) is 12.8 Å². The molecule has 188 valence electrons. The summed E-state index contributed by atoms with van der Waals surface area (Å²) in [5, 5.41) is 10.1. The molecule has 0 bridgehead atoms. The summed E-state index contributed by atoms with van der Waals surface area (Å²) in [6.07, 6.45) is 2.06. The van der Waals surface area contributed by atoms with Crippen LogP contribution in [0.15, 0.2) is 65.6 Å². The molecule has 0 atom stereocenters. The number of aliphatic hydroxyl groups excluding tert-OH is 1. The second-order valence-electron chi connectivity index (χ2n) is 7.72. The molecule has 1 aromatic heterocycles. The molecule has 1 N–H and O–H groups in total. The van der Waals surface area contributed by atoms with Gasteiger partial charge in [-0.25, -0.2) is 18.3 Å². The van der Waals surface area contributed by atoms with Gasteiger partial charge in [0.15, 0.2) is 16.6 Å². The van der Waals surface area contributed by atoms with Crippen LogP contribution in [-0.2, 0) is 14.9 Å². The predicted molar refractivity (Wildman–Crippen MR) is 135 cm³/mol. The Morgan fingerprint density at radius 1 is 1.14 bits per heavy atom. The Bertz CT molecular complexity index is 1410. The van der Waals surface area contributed by atoms with Gasteiger partial charge in [-0.15, -0.1) is 0 Å². The summed E-state index contributed by atoms with van der Waals surface area (Å²) < 4.78 is 38.7. The first kappa shape index (κ1) is 30.0. The van der Waals surface area contributed by atoms with Gasteiger partial charge in [0.1, 0.15) is 5.82 Å². The number of rotatable bonds is 8. The van der Waals surface area contributed by atoms with Gasteiger partial charge in [-0.3, -0.25) is 4.79 Å². The Kier molecular flexibility index (Phi) is 10.5. The number of unbranched alkanes of at least 4 members (excludes halogenated alkanes) is 1. The number of anilines is 2. The maximum Gasteiger partial charge on any atom is 1.00 e. The van der Waals surface area contributed by atoms with Gasteiger partial charge in [0.05, 0.1) is 22.4 Å². The molecule has 2 aliphatic heterocycles. The number of benzene rings is 1. The van der Waals surface area contributed by atoms with Crippen molar-refractivity contribution >= 4 is 56.5 Å². The van der Waals surface area contributed by atoms with E-state index in [9.17, 15) is 22.9 Å². The Morgan fingerprint density at radius 3 is 2.59 bits per heavy atom. The van der Waals surface area contributed by atoms with Gasteiger partial charge < -0.3 is 24.2 Å². The van der Waals surface area contributed by atoms with E-state index in [1.54, 1.807) is 41.3 Å². The van der Waals surface area contributed by atoms with Gasteiger partial charge in [-0.05, 0) is 66.9 Å².